The summed E-state index contributed by atoms with van der Waals surface area (Å²) in [7, 11) is 1.33. The Morgan fingerprint density at radius 1 is 1.77 bits per heavy atom. The molecule has 0 spiro atoms. The first kappa shape index (κ1) is 9.51. The smallest absolute Gasteiger partial charge is 0.330 e. The maximum absolute atomic E-state index is 10.9. The van der Waals surface area contributed by atoms with Crippen LogP contribution in [-0.2, 0) is 9.53 Å². The highest BCUT2D eigenvalue weighted by Gasteiger charge is 2.09. The Morgan fingerprint density at radius 3 is 3.08 bits per heavy atom. The molecule has 0 amide bonds. The first-order valence-electron chi connectivity index (χ1n) is 3.88. The van der Waals surface area contributed by atoms with Gasteiger partial charge in [-0.2, -0.15) is 0 Å². The van der Waals surface area contributed by atoms with Crippen molar-refractivity contribution in [3.8, 4) is 0 Å². The first-order valence-corrected chi connectivity index (χ1v) is 3.88. The number of rotatable bonds is 3. The number of aliphatic imine (C=N–C) groups is 1. The molecule has 0 radical (unpaired) electrons. The predicted molar refractivity (Wildman–Crippen MR) is 47.8 cm³/mol. The Labute approximate surface area is 76.2 Å². The molecule has 1 rings (SSSR count). The summed E-state index contributed by atoms with van der Waals surface area (Å²) in [6, 6.07) is 3.02. The molecule has 0 bridgehead atoms. The Balaban J connectivity index is 2.53. The zero-order chi connectivity index (χ0) is 9.68. The van der Waals surface area contributed by atoms with Crippen LogP contribution in [0.2, 0.25) is 0 Å². The van der Waals surface area contributed by atoms with Gasteiger partial charge in [-0.05, 0) is 19.1 Å². The molecular weight excluding hydrogens is 170 g/mol. The summed E-state index contributed by atoms with van der Waals surface area (Å²) in [6.07, 6.45) is 3.05. The zero-order valence-electron chi connectivity index (χ0n) is 7.56. The minimum Gasteiger partial charge on any atom is -0.467 e. The molecule has 1 aromatic heterocycles. The van der Waals surface area contributed by atoms with Gasteiger partial charge in [0.2, 0.25) is 0 Å². The largest absolute Gasteiger partial charge is 0.467 e. The molecule has 0 aliphatic rings. The molecule has 4 nitrogen and oxygen atoms in total. The lowest BCUT2D eigenvalue weighted by atomic mass is 10.3. The maximum atomic E-state index is 10.9. The third-order valence-corrected chi connectivity index (χ3v) is 1.51. The molecule has 0 N–H and O–H groups in total. The van der Waals surface area contributed by atoms with E-state index in [1.54, 1.807) is 25.3 Å². The van der Waals surface area contributed by atoms with Gasteiger partial charge >= 0.3 is 5.97 Å². The van der Waals surface area contributed by atoms with Crippen molar-refractivity contribution in [3.63, 3.8) is 0 Å². The summed E-state index contributed by atoms with van der Waals surface area (Å²) in [6.45, 7) is 1.66. The van der Waals surface area contributed by atoms with Crippen molar-refractivity contribution < 1.29 is 13.9 Å². The average molecular weight is 181 g/mol. The molecular formula is C9H11NO3. The molecule has 0 saturated carbocycles. The number of nitrogens with zero attached hydrogens (tertiary/aromatic N) is 1. The van der Waals surface area contributed by atoms with E-state index in [1.807, 2.05) is 0 Å². The Kier molecular flexibility index (Phi) is 3.25. The third-order valence-electron chi connectivity index (χ3n) is 1.51. The zero-order valence-corrected chi connectivity index (χ0v) is 7.56. The topological polar surface area (TPSA) is 51.8 Å². The van der Waals surface area contributed by atoms with E-state index >= 15 is 0 Å². The minimum absolute atomic E-state index is 0.359. The molecule has 0 aliphatic carbocycles. The molecule has 13 heavy (non-hydrogen) atoms. The van der Waals surface area contributed by atoms with Crippen molar-refractivity contribution in [1.29, 1.82) is 0 Å². The molecule has 1 aromatic rings. The van der Waals surface area contributed by atoms with Crippen molar-refractivity contribution in [2.45, 2.75) is 13.0 Å². The Bertz CT molecular complexity index is 290. The summed E-state index contributed by atoms with van der Waals surface area (Å²) in [5, 5.41) is 0. The lowest BCUT2D eigenvalue weighted by molar-refractivity contribution is -0.141. The van der Waals surface area contributed by atoms with Gasteiger partial charge in [-0.1, -0.05) is 0 Å². The van der Waals surface area contributed by atoms with Crippen LogP contribution < -0.4 is 0 Å². The van der Waals surface area contributed by atoms with Crippen LogP contribution in [0.5, 0.6) is 0 Å². The quantitative estimate of drug-likeness (QED) is 0.521. The van der Waals surface area contributed by atoms with E-state index in [-0.39, 0.29) is 5.97 Å². The van der Waals surface area contributed by atoms with Crippen molar-refractivity contribution >= 4 is 12.2 Å². The lowest BCUT2D eigenvalue weighted by Gasteiger charge is -2.01. The van der Waals surface area contributed by atoms with Crippen molar-refractivity contribution in [2.24, 2.45) is 4.99 Å². The second-order valence-electron chi connectivity index (χ2n) is 2.49. The summed E-state index contributed by atoms with van der Waals surface area (Å²) in [5.74, 6) is 0.263. The van der Waals surface area contributed by atoms with E-state index in [2.05, 4.69) is 9.73 Å². The highest BCUT2D eigenvalue weighted by atomic mass is 16.5. The monoisotopic (exact) mass is 181 g/mol. The normalized spacial score (nSPS) is 13.1. The summed E-state index contributed by atoms with van der Waals surface area (Å²) in [4.78, 5) is 14.8. The van der Waals surface area contributed by atoms with E-state index in [0.29, 0.717) is 5.76 Å². The molecule has 0 aliphatic heterocycles. The van der Waals surface area contributed by atoms with Crippen molar-refractivity contribution in [3.05, 3.63) is 24.2 Å². The van der Waals surface area contributed by atoms with E-state index < -0.39 is 6.04 Å². The van der Waals surface area contributed by atoms with E-state index in [1.165, 1.54) is 13.3 Å². The van der Waals surface area contributed by atoms with Crippen LogP contribution in [0, 0.1) is 0 Å². The van der Waals surface area contributed by atoms with Crippen LogP contribution in [0.3, 0.4) is 0 Å². The number of furan rings is 1. The van der Waals surface area contributed by atoms with Crippen molar-refractivity contribution in [1.82, 2.24) is 0 Å². The number of esters is 1. The van der Waals surface area contributed by atoms with Crippen LogP contribution in [0.1, 0.15) is 12.7 Å². The number of hydrogen-bond donors (Lipinski definition) is 0. The van der Waals surface area contributed by atoms with Crippen LogP contribution in [0.4, 0.5) is 0 Å². The Morgan fingerprint density at radius 2 is 2.54 bits per heavy atom. The molecule has 1 unspecified atom stereocenters. The summed E-state index contributed by atoms with van der Waals surface area (Å²) < 4.78 is 9.49. The Hall–Kier alpha value is -1.58. The van der Waals surface area contributed by atoms with Gasteiger partial charge in [0.05, 0.1) is 19.6 Å². The fraction of sp³-hybridized carbons (Fsp3) is 0.333. The summed E-state index contributed by atoms with van der Waals surface area (Å²) >= 11 is 0. The van der Waals surface area contributed by atoms with Gasteiger partial charge in [0.15, 0.2) is 0 Å². The highest BCUT2D eigenvalue weighted by Crippen LogP contribution is 1.98. The van der Waals surface area contributed by atoms with Crippen LogP contribution in [0.15, 0.2) is 27.8 Å². The van der Waals surface area contributed by atoms with Crippen LogP contribution in [0.25, 0.3) is 0 Å². The SMILES string of the molecule is COC(=O)C(C)N=Cc1ccco1. The van der Waals surface area contributed by atoms with Gasteiger partial charge in [0, 0.05) is 0 Å². The van der Waals surface area contributed by atoms with Gasteiger partial charge in [-0.3, -0.25) is 4.99 Å². The van der Waals surface area contributed by atoms with Gasteiger partial charge < -0.3 is 9.15 Å². The maximum Gasteiger partial charge on any atom is 0.330 e. The number of methoxy groups -OCH3 is 1. The lowest BCUT2D eigenvalue weighted by Crippen LogP contribution is -2.16. The average Bonchev–Trinajstić information content (AvgIpc) is 2.65. The minimum atomic E-state index is -0.491. The van der Waals surface area contributed by atoms with Crippen LogP contribution >= 0.6 is 0 Å². The number of carbonyl (C=O) groups excluding carboxylic acids is 1. The van der Waals surface area contributed by atoms with Gasteiger partial charge in [-0.25, -0.2) is 4.79 Å². The third kappa shape index (κ3) is 2.74. The molecule has 1 atom stereocenters. The van der Waals surface area contributed by atoms with E-state index in [9.17, 15) is 4.79 Å². The van der Waals surface area contributed by atoms with Gasteiger partial charge in [0.1, 0.15) is 11.8 Å². The van der Waals surface area contributed by atoms with E-state index in [4.69, 9.17) is 4.42 Å². The summed E-state index contributed by atoms with van der Waals surface area (Å²) in [5.41, 5.74) is 0. The second-order valence-corrected chi connectivity index (χ2v) is 2.49. The molecule has 4 heteroatoms. The fourth-order valence-corrected chi connectivity index (χ4v) is 0.781. The van der Waals surface area contributed by atoms with Gasteiger partial charge in [0.25, 0.3) is 0 Å². The standard InChI is InChI=1S/C9H11NO3/c1-7(9(11)12-2)10-6-8-4-3-5-13-8/h3-7H,1-2H3. The predicted octanol–water partition coefficient (Wildman–Crippen LogP) is 1.26. The van der Waals surface area contributed by atoms with E-state index in [0.717, 1.165) is 0 Å². The molecule has 70 valence electrons. The first-order chi connectivity index (χ1) is 6.24. The molecule has 0 saturated heterocycles. The fourth-order valence-electron chi connectivity index (χ4n) is 0.781. The van der Waals surface area contributed by atoms with Crippen molar-refractivity contribution in [2.75, 3.05) is 7.11 Å². The second kappa shape index (κ2) is 4.45. The molecule has 1 heterocycles. The molecule has 0 fully saturated rings. The molecule has 0 aromatic carbocycles. The number of carbonyl (C=O) groups is 1. The highest BCUT2D eigenvalue weighted by molar-refractivity contribution is 5.81. The number of hydrogen-bond acceptors (Lipinski definition) is 4. The van der Waals surface area contributed by atoms with Crippen LogP contribution in [-0.4, -0.2) is 25.3 Å². The number of ether oxygens (including phenoxy) is 1. The van der Waals surface area contributed by atoms with Gasteiger partial charge in [-0.15, -0.1) is 0 Å².